The molecule has 0 radical (unpaired) electrons. The summed E-state index contributed by atoms with van der Waals surface area (Å²) in [6.45, 7) is 4.37. The maximum absolute atomic E-state index is 10.8. The Morgan fingerprint density at radius 1 is 1.57 bits per heavy atom. The number of nitrogens with one attached hydrogen (secondary N) is 2. The van der Waals surface area contributed by atoms with E-state index in [0.29, 0.717) is 12.5 Å². The van der Waals surface area contributed by atoms with Gasteiger partial charge in [0.2, 0.25) is 5.88 Å². The summed E-state index contributed by atoms with van der Waals surface area (Å²) in [5.74, 6) is 0.368. The maximum Gasteiger partial charge on any atom is 0.254 e. The number of nitrogens with zero attached hydrogens (tertiary/aromatic N) is 1. The quantitative estimate of drug-likeness (QED) is 0.637. The first-order chi connectivity index (χ1) is 6.83. The first kappa shape index (κ1) is 10.7. The lowest BCUT2D eigenvalue weighted by Gasteiger charge is -2.04. The van der Waals surface area contributed by atoms with Gasteiger partial charge in [0.15, 0.2) is 0 Å². The minimum atomic E-state index is -0.198. The summed E-state index contributed by atoms with van der Waals surface area (Å²) >= 11 is 0. The highest BCUT2D eigenvalue weighted by molar-refractivity contribution is 5.04. The van der Waals surface area contributed by atoms with Gasteiger partial charge in [-0.3, -0.25) is 4.79 Å². The van der Waals surface area contributed by atoms with Crippen molar-refractivity contribution in [2.24, 2.45) is 0 Å². The Labute approximate surface area is 82.5 Å². The highest BCUT2D eigenvalue weighted by Gasteiger charge is 1.94. The van der Waals surface area contributed by atoms with Crippen LogP contribution in [-0.2, 0) is 0 Å². The Bertz CT molecular complexity index is 311. The van der Waals surface area contributed by atoms with Gasteiger partial charge in [0.1, 0.15) is 6.61 Å². The van der Waals surface area contributed by atoms with Gasteiger partial charge in [-0.2, -0.15) is 0 Å². The van der Waals surface area contributed by atoms with E-state index in [4.69, 9.17) is 4.74 Å². The molecule has 0 aliphatic rings. The third kappa shape index (κ3) is 4.04. The van der Waals surface area contributed by atoms with Crippen molar-refractivity contribution in [3.63, 3.8) is 0 Å². The van der Waals surface area contributed by atoms with Crippen LogP contribution in [0.1, 0.15) is 13.3 Å². The third-order valence-corrected chi connectivity index (χ3v) is 1.61. The summed E-state index contributed by atoms with van der Waals surface area (Å²) in [4.78, 5) is 17.1. The summed E-state index contributed by atoms with van der Waals surface area (Å²) in [5, 5.41) is 3.18. The fourth-order valence-electron chi connectivity index (χ4n) is 0.959. The molecule has 0 aliphatic carbocycles. The Morgan fingerprint density at radius 2 is 2.43 bits per heavy atom. The SMILES string of the molecule is CCCNCCOc1cc(=O)[nH]cn1. The van der Waals surface area contributed by atoms with Gasteiger partial charge in [-0.05, 0) is 13.0 Å². The molecule has 0 atom stereocenters. The van der Waals surface area contributed by atoms with E-state index in [1.807, 2.05) is 0 Å². The van der Waals surface area contributed by atoms with Crippen LogP contribution in [-0.4, -0.2) is 29.7 Å². The van der Waals surface area contributed by atoms with E-state index in [1.54, 1.807) is 0 Å². The van der Waals surface area contributed by atoms with Gasteiger partial charge < -0.3 is 15.0 Å². The summed E-state index contributed by atoms with van der Waals surface area (Å²) in [5.41, 5.74) is -0.198. The second-order valence-electron chi connectivity index (χ2n) is 2.85. The smallest absolute Gasteiger partial charge is 0.254 e. The van der Waals surface area contributed by atoms with Crippen LogP contribution in [0.15, 0.2) is 17.2 Å². The number of hydrogen-bond donors (Lipinski definition) is 2. The van der Waals surface area contributed by atoms with Gasteiger partial charge in [0.25, 0.3) is 5.56 Å². The number of rotatable bonds is 6. The fourth-order valence-corrected chi connectivity index (χ4v) is 0.959. The molecule has 0 aliphatic heterocycles. The summed E-state index contributed by atoms with van der Waals surface area (Å²) < 4.78 is 5.24. The van der Waals surface area contributed by atoms with E-state index >= 15 is 0 Å². The molecule has 14 heavy (non-hydrogen) atoms. The van der Waals surface area contributed by atoms with Crippen LogP contribution in [0.2, 0.25) is 0 Å². The highest BCUT2D eigenvalue weighted by Crippen LogP contribution is 1.97. The number of ether oxygens (including phenoxy) is 1. The average molecular weight is 197 g/mol. The molecular weight excluding hydrogens is 182 g/mol. The molecule has 2 N–H and O–H groups in total. The van der Waals surface area contributed by atoms with E-state index < -0.39 is 0 Å². The molecule has 0 amide bonds. The molecule has 1 rings (SSSR count). The molecule has 5 nitrogen and oxygen atoms in total. The van der Waals surface area contributed by atoms with Crippen LogP contribution < -0.4 is 15.6 Å². The zero-order chi connectivity index (χ0) is 10.2. The Kier molecular flexibility index (Phi) is 4.71. The van der Waals surface area contributed by atoms with Crippen molar-refractivity contribution in [2.45, 2.75) is 13.3 Å². The minimum Gasteiger partial charge on any atom is -0.476 e. The lowest BCUT2D eigenvalue weighted by Crippen LogP contribution is -2.22. The number of hydrogen-bond acceptors (Lipinski definition) is 4. The molecular formula is C9H15N3O2. The number of aromatic amines is 1. The monoisotopic (exact) mass is 197 g/mol. The fraction of sp³-hybridized carbons (Fsp3) is 0.556. The molecule has 1 aromatic rings. The minimum absolute atomic E-state index is 0.198. The van der Waals surface area contributed by atoms with E-state index in [1.165, 1.54) is 12.4 Å². The molecule has 1 heterocycles. The van der Waals surface area contributed by atoms with Crippen molar-refractivity contribution in [1.29, 1.82) is 0 Å². The second-order valence-corrected chi connectivity index (χ2v) is 2.85. The molecule has 78 valence electrons. The van der Waals surface area contributed by atoms with Crippen LogP contribution in [0.3, 0.4) is 0 Å². The Balaban J connectivity index is 2.21. The van der Waals surface area contributed by atoms with Crippen molar-refractivity contribution in [3.8, 4) is 5.88 Å². The van der Waals surface area contributed by atoms with Crippen molar-refractivity contribution in [2.75, 3.05) is 19.7 Å². The topological polar surface area (TPSA) is 67.0 Å². The summed E-state index contributed by atoms with van der Waals surface area (Å²) in [6, 6.07) is 1.33. The van der Waals surface area contributed by atoms with Crippen LogP contribution in [0.25, 0.3) is 0 Å². The summed E-state index contributed by atoms with van der Waals surface area (Å²) in [7, 11) is 0. The van der Waals surface area contributed by atoms with Crippen LogP contribution in [0.5, 0.6) is 5.88 Å². The predicted molar refractivity (Wildman–Crippen MR) is 53.5 cm³/mol. The van der Waals surface area contributed by atoms with Crippen molar-refractivity contribution >= 4 is 0 Å². The normalized spacial score (nSPS) is 10.1. The van der Waals surface area contributed by atoms with Crippen LogP contribution >= 0.6 is 0 Å². The number of aromatic nitrogens is 2. The molecule has 0 spiro atoms. The zero-order valence-electron chi connectivity index (χ0n) is 8.25. The second kappa shape index (κ2) is 6.15. The third-order valence-electron chi connectivity index (χ3n) is 1.61. The van der Waals surface area contributed by atoms with Crippen molar-refractivity contribution in [1.82, 2.24) is 15.3 Å². The first-order valence-electron chi connectivity index (χ1n) is 4.71. The van der Waals surface area contributed by atoms with Gasteiger partial charge in [0, 0.05) is 6.54 Å². The average Bonchev–Trinajstić information content (AvgIpc) is 2.18. The van der Waals surface area contributed by atoms with E-state index in [2.05, 4.69) is 22.2 Å². The summed E-state index contributed by atoms with van der Waals surface area (Å²) in [6.07, 6.45) is 2.43. The molecule has 0 aromatic carbocycles. The lowest BCUT2D eigenvalue weighted by molar-refractivity contribution is 0.301. The van der Waals surface area contributed by atoms with E-state index in [9.17, 15) is 4.79 Å². The lowest BCUT2D eigenvalue weighted by atomic mass is 10.5. The predicted octanol–water partition coefficient (Wildman–Crippen LogP) is 0.148. The van der Waals surface area contributed by atoms with Crippen molar-refractivity contribution < 1.29 is 4.74 Å². The highest BCUT2D eigenvalue weighted by atomic mass is 16.5. The van der Waals surface area contributed by atoms with Gasteiger partial charge in [-0.25, -0.2) is 4.98 Å². The Morgan fingerprint density at radius 3 is 3.14 bits per heavy atom. The molecule has 0 saturated carbocycles. The molecule has 0 fully saturated rings. The molecule has 1 aromatic heterocycles. The van der Waals surface area contributed by atoms with Gasteiger partial charge in [0.05, 0.1) is 12.4 Å². The molecule has 5 heteroatoms. The molecule has 0 unspecified atom stereocenters. The maximum atomic E-state index is 10.8. The molecule has 0 bridgehead atoms. The van der Waals surface area contributed by atoms with Gasteiger partial charge in [-0.15, -0.1) is 0 Å². The standard InChI is InChI=1S/C9H15N3O2/c1-2-3-10-4-5-14-9-6-8(13)11-7-12-9/h6-7,10H,2-5H2,1H3,(H,11,12,13). The van der Waals surface area contributed by atoms with Gasteiger partial charge >= 0.3 is 0 Å². The Hall–Kier alpha value is -1.36. The largest absolute Gasteiger partial charge is 0.476 e. The van der Waals surface area contributed by atoms with Crippen molar-refractivity contribution in [3.05, 3.63) is 22.7 Å². The molecule has 0 saturated heterocycles. The van der Waals surface area contributed by atoms with Crippen LogP contribution in [0, 0.1) is 0 Å². The van der Waals surface area contributed by atoms with Gasteiger partial charge in [-0.1, -0.05) is 6.92 Å². The van der Waals surface area contributed by atoms with Crippen LogP contribution in [0.4, 0.5) is 0 Å². The van der Waals surface area contributed by atoms with E-state index in [-0.39, 0.29) is 5.56 Å². The zero-order valence-corrected chi connectivity index (χ0v) is 8.25. The number of H-pyrrole nitrogens is 1. The van der Waals surface area contributed by atoms with E-state index in [0.717, 1.165) is 19.5 Å². The first-order valence-corrected chi connectivity index (χ1v) is 4.71.